The molecule has 0 saturated carbocycles. The van der Waals surface area contributed by atoms with E-state index in [2.05, 4.69) is 10.2 Å². The zero-order valence-corrected chi connectivity index (χ0v) is 9.65. The van der Waals surface area contributed by atoms with E-state index in [0.29, 0.717) is 5.75 Å². The molecule has 0 amide bonds. The van der Waals surface area contributed by atoms with Crippen LogP contribution in [0.2, 0.25) is 0 Å². The number of aromatic hydroxyl groups is 1. The first-order valence-electron chi connectivity index (χ1n) is 6.06. The van der Waals surface area contributed by atoms with Gasteiger partial charge >= 0.3 is 0 Å². The third kappa shape index (κ3) is 3.22. The highest BCUT2D eigenvalue weighted by Crippen LogP contribution is 2.14. The maximum Gasteiger partial charge on any atom is 0.120 e. The molecule has 3 nitrogen and oxygen atoms in total. The summed E-state index contributed by atoms with van der Waals surface area (Å²) in [6.07, 6.45) is 2.69. The molecule has 2 N–H and O–H groups in total. The maximum atomic E-state index is 9.57. The molecule has 0 spiro atoms. The first kappa shape index (κ1) is 11.4. The third-order valence-electron chi connectivity index (χ3n) is 3.11. The number of phenols is 1. The molecule has 1 fully saturated rings. The highest BCUT2D eigenvalue weighted by atomic mass is 16.3. The molecule has 1 saturated heterocycles. The van der Waals surface area contributed by atoms with Crippen molar-refractivity contribution in [2.45, 2.75) is 19.4 Å². The molecule has 16 heavy (non-hydrogen) atoms. The second-order valence-electron chi connectivity index (χ2n) is 4.35. The number of para-hydroxylation sites is 1. The minimum Gasteiger partial charge on any atom is -0.508 e. The van der Waals surface area contributed by atoms with Gasteiger partial charge in [-0.15, -0.1) is 0 Å². The van der Waals surface area contributed by atoms with E-state index in [0.717, 1.165) is 25.2 Å². The third-order valence-corrected chi connectivity index (χ3v) is 3.11. The molecule has 1 aromatic rings. The van der Waals surface area contributed by atoms with Crippen molar-refractivity contribution in [3.63, 3.8) is 0 Å². The summed E-state index contributed by atoms with van der Waals surface area (Å²) in [6.45, 7) is 5.36. The Labute approximate surface area is 97.1 Å². The lowest BCUT2D eigenvalue weighted by Gasteiger charge is -2.14. The number of hydrogen-bond donors (Lipinski definition) is 2. The van der Waals surface area contributed by atoms with Crippen molar-refractivity contribution in [3.8, 4) is 5.75 Å². The van der Waals surface area contributed by atoms with E-state index < -0.39 is 0 Å². The Balaban J connectivity index is 1.66. The number of nitrogens with one attached hydrogen (secondary N) is 1. The fraction of sp³-hybridized carbons (Fsp3) is 0.538. The molecule has 0 radical (unpaired) electrons. The minimum atomic E-state index is 0.385. The van der Waals surface area contributed by atoms with Crippen molar-refractivity contribution >= 4 is 0 Å². The average molecular weight is 220 g/mol. The largest absolute Gasteiger partial charge is 0.508 e. The van der Waals surface area contributed by atoms with Gasteiger partial charge in [-0.1, -0.05) is 18.2 Å². The molecule has 0 aromatic heterocycles. The molecule has 0 atom stereocenters. The fourth-order valence-corrected chi connectivity index (χ4v) is 2.13. The monoisotopic (exact) mass is 220 g/mol. The van der Waals surface area contributed by atoms with Crippen LogP contribution in [0.3, 0.4) is 0 Å². The van der Waals surface area contributed by atoms with Crippen molar-refractivity contribution in [1.82, 2.24) is 10.2 Å². The number of hydrogen-bond acceptors (Lipinski definition) is 3. The second kappa shape index (κ2) is 5.87. The van der Waals surface area contributed by atoms with E-state index in [1.165, 1.54) is 25.9 Å². The Bertz CT molecular complexity index is 321. The van der Waals surface area contributed by atoms with Crippen molar-refractivity contribution in [3.05, 3.63) is 29.8 Å². The molecule has 3 heteroatoms. The summed E-state index contributed by atoms with van der Waals surface area (Å²) in [5.74, 6) is 0.385. The highest BCUT2D eigenvalue weighted by Gasteiger charge is 2.10. The lowest BCUT2D eigenvalue weighted by atomic mass is 10.2. The molecule has 1 aliphatic rings. The van der Waals surface area contributed by atoms with E-state index in [1.807, 2.05) is 18.2 Å². The van der Waals surface area contributed by atoms with Gasteiger partial charge in [0, 0.05) is 25.2 Å². The van der Waals surface area contributed by atoms with E-state index in [4.69, 9.17) is 0 Å². The summed E-state index contributed by atoms with van der Waals surface area (Å²) in [7, 11) is 0. The summed E-state index contributed by atoms with van der Waals surface area (Å²) in [6, 6.07) is 7.50. The van der Waals surface area contributed by atoms with Crippen LogP contribution in [0, 0.1) is 0 Å². The first-order valence-corrected chi connectivity index (χ1v) is 6.06. The second-order valence-corrected chi connectivity index (χ2v) is 4.35. The SMILES string of the molecule is Oc1ccccc1CNCCN1CCCC1. The Hall–Kier alpha value is -1.06. The summed E-state index contributed by atoms with van der Waals surface area (Å²) in [5, 5.41) is 12.9. The summed E-state index contributed by atoms with van der Waals surface area (Å²) < 4.78 is 0. The fourth-order valence-electron chi connectivity index (χ4n) is 2.13. The van der Waals surface area contributed by atoms with Crippen molar-refractivity contribution < 1.29 is 5.11 Å². The molecule has 1 heterocycles. The number of nitrogens with zero attached hydrogens (tertiary/aromatic N) is 1. The van der Waals surface area contributed by atoms with Crippen LogP contribution < -0.4 is 5.32 Å². The Morgan fingerprint density at radius 1 is 1.19 bits per heavy atom. The molecule has 1 aromatic carbocycles. The normalized spacial score (nSPS) is 16.8. The Kier molecular flexibility index (Phi) is 4.19. The highest BCUT2D eigenvalue weighted by molar-refractivity contribution is 5.31. The Morgan fingerprint density at radius 2 is 1.94 bits per heavy atom. The van der Waals surface area contributed by atoms with Gasteiger partial charge in [-0.3, -0.25) is 0 Å². The smallest absolute Gasteiger partial charge is 0.120 e. The van der Waals surface area contributed by atoms with Gasteiger partial charge in [0.25, 0.3) is 0 Å². The molecule has 1 aliphatic heterocycles. The van der Waals surface area contributed by atoms with E-state index >= 15 is 0 Å². The van der Waals surface area contributed by atoms with Crippen LogP contribution in [0.15, 0.2) is 24.3 Å². The van der Waals surface area contributed by atoms with E-state index in [-0.39, 0.29) is 0 Å². The summed E-state index contributed by atoms with van der Waals surface area (Å²) in [5.41, 5.74) is 0.976. The molecular weight excluding hydrogens is 200 g/mol. The summed E-state index contributed by atoms with van der Waals surface area (Å²) in [4.78, 5) is 2.48. The minimum absolute atomic E-state index is 0.385. The van der Waals surface area contributed by atoms with Gasteiger partial charge in [-0.2, -0.15) is 0 Å². The van der Waals surface area contributed by atoms with Gasteiger partial charge in [0.2, 0.25) is 0 Å². The molecule has 88 valence electrons. The number of phenolic OH excluding ortho intramolecular Hbond substituents is 1. The number of benzene rings is 1. The number of likely N-dealkylation sites (tertiary alicyclic amines) is 1. The summed E-state index contributed by atoms with van der Waals surface area (Å²) >= 11 is 0. The van der Waals surface area contributed by atoms with Gasteiger partial charge in [-0.05, 0) is 32.0 Å². The van der Waals surface area contributed by atoms with Gasteiger partial charge in [-0.25, -0.2) is 0 Å². The van der Waals surface area contributed by atoms with Crippen LogP contribution in [0.5, 0.6) is 5.75 Å². The van der Waals surface area contributed by atoms with Gasteiger partial charge in [0.15, 0.2) is 0 Å². The predicted molar refractivity (Wildman–Crippen MR) is 65.5 cm³/mol. The first-order chi connectivity index (χ1) is 7.86. The van der Waals surface area contributed by atoms with Crippen molar-refractivity contribution in [2.75, 3.05) is 26.2 Å². The molecular formula is C13H20N2O. The topological polar surface area (TPSA) is 35.5 Å². The van der Waals surface area contributed by atoms with Crippen molar-refractivity contribution in [1.29, 1.82) is 0 Å². The number of rotatable bonds is 5. The zero-order chi connectivity index (χ0) is 11.2. The standard InChI is InChI=1S/C13H20N2O/c16-13-6-2-1-5-12(13)11-14-7-10-15-8-3-4-9-15/h1-2,5-6,14,16H,3-4,7-11H2. The lowest BCUT2D eigenvalue weighted by Crippen LogP contribution is -2.29. The maximum absolute atomic E-state index is 9.57. The molecule has 0 unspecified atom stereocenters. The van der Waals surface area contributed by atoms with E-state index in [9.17, 15) is 5.11 Å². The quantitative estimate of drug-likeness (QED) is 0.740. The van der Waals surface area contributed by atoms with Crippen LogP contribution in [-0.2, 0) is 6.54 Å². The van der Waals surface area contributed by atoms with Gasteiger partial charge in [0.05, 0.1) is 0 Å². The molecule has 2 rings (SSSR count). The van der Waals surface area contributed by atoms with E-state index in [1.54, 1.807) is 6.07 Å². The molecule has 0 bridgehead atoms. The van der Waals surface area contributed by atoms with Crippen molar-refractivity contribution in [2.24, 2.45) is 0 Å². The van der Waals surface area contributed by atoms with Crippen LogP contribution in [0.25, 0.3) is 0 Å². The predicted octanol–water partition coefficient (Wildman–Crippen LogP) is 1.58. The zero-order valence-electron chi connectivity index (χ0n) is 9.65. The van der Waals surface area contributed by atoms with Crippen LogP contribution in [0.4, 0.5) is 0 Å². The van der Waals surface area contributed by atoms with Gasteiger partial charge in [0.1, 0.15) is 5.75 Å². The van der Waals surface area contributed by atoms with Crippen LogP contribution >= 0.6 is 0 Å². The Morgan fingerprint density at radius 3 is 2.69 bits per heavy atom. The average Bonchev–Trinajstić information content (AvgIpc) is 2.79. The van der Waals surface area contributed by atoms with Crippen LogP contribution in [-0.4, -0.2) is 36.2 Å². The van der Waals surface area contributed by atoms with Gasteiger partial charge < -0.3 is 15.3 Å². The lowest BCUT2D eigenvalue weighted by molar-refractivity contribution is 0.335. The van der Waals surface area contributed by atoms with Crippen LogP contribution in [0.1, 0.15) is 18.4 Å². The molecule has 0 aliphatic carbocycles.